The summed E-state index contributed by atoms with van der Waals surface area (Å²) in [6.45, 7) is 0. The molecule has 5 nitrogen and oxygen atoms in total. The Morgan fingerprint density at radius 2 is 2.18 bits per heavy atom. The summed E-state index contributed by atoms with van der Waals surface area (Å²) in [5.41, 5.74) is 4.01. The predicted molar refractivity (Wildman–Crippen MR) is 59.4 cm³/mol. The Morgan fingerprint density at radius 3 is 2.82 bits per heavy atom. The number of pyridine rings is 1. The maximum Gasteiger partial charge on any atom is 0.270 e. The Bertz CT molecular complexity index is 419. The van der Waals surface area contributed by atoms with Crippen molar-refractivity contribution in [3.8, 4) is 0 Å². The molecular weight excluding hydrogens is 225 g/mol. The van der Waals surface area contributed by atoms with Crippen molar-refractivity contribution in [3.05, 3.63) is 24.3 Å². The molecule has 1 aromatic rings. The average Bonchev–Trinajstić information content (AvgIpc) is 2.74. The third-order valence-corrected chi connectivity index (χ3v) is 2.90. The summed E-state index contributed by atoms with van der Waals surface area (Å²) in [5.74, 6) is -1.11. The number of hydrogen-bond donors (Lipinski definition) is 3. The van der Waals surface area contributed by atoms with Crippen LogP contribution in [0.1, 0.15) is 25.7 Å². The molecule has 0 aliphatic heterocycles. The van der Waals surface area contributed by atoms with Crippen molar-refractivity contribution in [2.45, 2.75) is 31.3 Å². The Kier molecular flexibility index (Phi) is 3.23. The van der Waals surface area contributed by atoms with Gasteiger partial charge in [-0.25, -0.2) is 4.98 Å². The first kappa shape index (κ1) is 11.8. The van der Waals surface area contributed by atoms with Gasteiger partial charge >= 0.3 is 0 Å². The number of aromatic nitrogens is 1. The quantitative estimate of drug-likeness (QED) is 0.542. The Hall–Kier alpha value is -1.69. The molecule has 2 rings (SSSR count). The molecule has 0 radical (unpaired) electrons. The van der Waals surface area contributed by atoms with E-state index in [4.69, 9.17) is 0 Å². The van der Waals surface area contributed by atoms with E-state index in [1.165, 1.54) is 12.3 Å². The fourth-order valence-electron chi connectivity index (χ4n) is 1.91. The van der Waals surface area contributed by atoms with E-state index < -0.39 is 17.5 Å². The summed E-state index contributed by atoms with van der Waals surface area (Å²) < 4.78 is 12.8. The summed E-state index contributed by atoms with van der Waals surface area (Å²) >= 11 is 0. The molecule has 92 valence electrons. The normalized spacial score (nSPS) is 17.8. The van der Waals surface area contributed by atoms with Gasteiger partial charge in [-0.15, -0.1) is 0 Å². The van der Waals surface area contributed by atoms with Crippen LogP contribution in [-0.2, 0) is 4.79 Å². The van der Waals surface area contributed by atoms with E-state index in [1.807, 2.05) is 0 Å². The summed E-state index contributed by atoms with van der Waals surface area (Å²) in [6.07, 6.45) is 3.89. The number of carbonyl (C=O) groups is 1. The topological polar surface area (TPSA) is 74.2 Å². The number of amides is 1. The first-order chi connectivity index (χ1) is 8.10. The molecule has 3 N–H and O–H groups in total. The molecule has 6 heteroatoms. The van der Waals surface area contributed by atoms with Crippen molar-refractivity contribution < 1.29 is 14.3 Å². The number of anilines is 1. The van der Waals surface area contributed by atoms with Crippen LogP contribution in [0.25, 0.3) is 0 Å². The maximum absolute atomic E-state index is 12.8. The van der Waals surface area contributed by atoms with Crippen molar-refractivity contribution in [1.82, 2.24) is 10.4 Å². The second-order valence-electron chi connectivity index (χ2n) is 4.19. The highest BCUT2D eigenvalue weighted by atomic mass is 19.1. The predicted octanol–water partition coefficient (Wildman–Crippen LogP) is 0.969. The number of nitrogens with one attached hydrogen (secondary N) is 2. The van der Waals surface area contributed by atoms with E-state index in [2.05, 4.69) is 15.8 Å². The molecule has 1 saturated carbocycles. The molecule has 0 bridgehead atoms. The summed E-state index contributed by atoms with van der Waals surface area (Å²) in [4.78, 5) is 15.1. The lowest BCUT2D eigenvalue weighted by Crippen LogP contribution is -2.46. The molecule has 0 aromatic carbocycles. The lowest BCUT2D eigenvalue weighted by Gasteiger charge is -2.21. The van der Waals surface area contributed by atoms with E-state index in [0.29, 0.717) is 18.5 Å². The maximum atomic E-state index is 12.8. The van der Waals surface area contributed by atoms with Crippen molar-refractivity contribution in [2.75, 3.05) is 5.43 Å². The van der Waals surface area contributed by atoms with Crippen LogP contribution in [0.15, 0.2) is 18.3 Å². The molecule has 0 unspecified atom stereocenters. The Balaban J connectivity index is 1.92. The first-order valence-electron chi connectivity index (χ1n) is 5.50. The van der Waals surface area contributed by atoms with Crippen molar-refractivity contribution >= 4 is 11.6 Å². The molecule has 0 atom stereocenters. The average molecular weight is 239 g/mol. The van der Waals surface area contributed by atoms with Crippen LogP contribution in [0.3, 0.4) is 0 Å². The highest BCUT2D eigenvalue weighted by Crippen LogP contribution is 2.29. The minimum atomic E-state index is -1.29. The number of carbonyl (C=O) groups excluding carboxylic acids is 1. The summed E-state index contributed by atoms with van der Waals surface area (Å²) in [5, 5.41) is 9.95. The largest absolute Gasteiger partial charge is 0.380 e. The third kappa shape index (κ3) is 2.71. The molecule has 1 heterocycles. The molecule has 1 amide bonds. The standard InChI is InChI=1S/C11H14FN3O2/c12-9-7-8(3-6-13-9)14-15-10(16)11(17)4-1-2-5-11/h3,6-7,17H,1-2,4-5H2,(H,13,14)(H,15,16). The van der Waals surface area contributed by atoms with Gasteiger partial charge in [-0.2, -0.15) is 4.39 Å². The number of aliphatic hydroxyl groups is 1. The molecular formula is C11H14FN3O2. The van der Waals surface area contributed by atoms with Gasteiger partial charge in [0.05, 0.1) is 5.69 Å². The van der Waals surface area contributed by atoms with Gasteiger partial charge in [-0.3, -0.25) is 15.6 Å². The van der Waals surface area contributed by atoms with Gasteiger partial charge in [0.25, 0.3) is 5.91 Å². The molecule has 1 aliphatic carbocycles. The highest BCUT2D eigenvalue weighted by molar-refractivity contribution is 5.86. The van der Waals surface area contributed by atoms with E-state index in [-0.39, 0.29) is 0 Å². The van der Waals surface area contributed by atoms with Gasteiger partial charge in [0.15, 0.2) is 0 Å². The van der Waals surface area contributed by atoms with Crippen molar-refractivity contribution in [3.63, 3.8) is 0 Å². The Morgan fingerprint density at radius 1 is 1.47 bits per heavy atom. The molecule has 17 heavy (non-hydrogen) atoms. The number of nitrogens with zero attached hydrogens (tertiary/aromatic N) is 1. The first-order valence-corrected chi connectivity index (χ1v) is 5.50. The fourth-order valence-corrected chi connectivity index (χ4v) is 1.91. The van der Waals surface area contributed by atoms with Gasteiger partial charge in [-0.1, -0.05) is 0 Å². The molecule has 0 saturated heterocycles. The molecule has 1 fully saturated rings. The van der Waals surface area contributed by atoms with Crippen molar-refractivity contribution in [1.29, 1.82) is 0 Å². The van der Waals surface area contributed by atoms with Gasteiger partial charge in [-0.05, 0) is 31.7 Å². The second kappa shape index (κ2) is 4.67. The lowest BCUT2D eigenvalue weighted by molar-refractivity contribution is -0.138. The number of hydrogen-bond acceptors (Lipinski definition) is 4. The SMILES string of the molecule is O=C(NNc1ccnc(F)c1)C1(O)CCCC1. The minimum Gasteiger partial charge on any atom is -0.380 e. The summed E-state index contributed by atoms with van der Waals surface area (Å²) in [7, 11) is 0. The van der Waals surface area contributed by atoms with Gasteiger partial charge < -0.3 is 5.11 Å². The van der Waals surface area contributed by atoms with Crippen LogP contribution in [0.5, 0.6) is 0 Å². The van der Waals surface area contributed by atoms with Crippen LogP contribution in [0.4, 0.5) is 10.1 Å². The van der Waals surface area contributed by atoms with Crippen LogP contribution in [-0.4, -0.2) is 21.6 Å². The smallest absolute Gasteiger partial charge is 0.270 e. The van der Waals surface area contributed by atoms with Crippen LogP contribution >= 0.6 is 0 Å². The van der Waals surface area contributed by atoms with E-state index in [0.717, 1.165) is 18.9 Å². The zero-order valence-electron chi connectivity index (χ0n) is 9.24. The molecule has 1 aromatic heterocycles. The summed E-state index contributed by atoms with van der Waals surface area (Å²) in [6, 6.07) is 2.67. The molecule has 1 aliphatic rings. The lowest BCUT2D eigenvalue weighted by atomic mass is 10.0. The van der Waals surface area contributed by atoms with Gasteiger partial charge in [0, 0.05) is 12.3 Å². The third-order valence-electron chi connectivity index (χ3n) is 2.90. The fraction of sp³-hybridized carbons (Fsp3) is 0.455. The number of hydrazine groups is 1. The number of halogens is 1. The Labute approximate surface area is 98.0 Å². The minimum absolute atomic E-state index is 0.382. The highest BCUT2D eigenvalue weighted by Gasteiger charge is 2.38. The number of rotatable bonds is 3. The van der Waals surface area contributed by atoms with Crippen molar-refractivity contribution in [2.24, 2.45) is 0 Å². The van der Waals surface area contributed by atoms with E-state index >= 15 is 0 Å². The second-order valence-corrected chi connectivity index (χ2v) is 4.19. The van der Waals surface area contributed by atoms with E-state index in [1.54, 1.807) is 0 Å². The monoisotopic (exact) mass is 239 g/mol. The van der Waals surface area contributed by atoms with Crippen LogP contribution in [0.2, 0.25) is 0 Å². The zero-order chi connectivity index (χ0) is 12.3. The van der Waals surface area contributed by atoms with Gasteiger partial charge in [0.1, 0.15) is 5.60 Å². The van der Waals surface area contributed by atoms with Crippen LogP contribution < -0.4 is 10.9 Å². The van der Waals surface area contributed by atoms with E-state index in [9.17, 15) is 14.3 Å². The van der Waals surface area contributed by atoms with Gasteiger partial charge in [0.2, 0.25) is 5.95 Å². The molecule has 0 spiro atoms. The zero-order valence-corrected chi connectivity index (χ0v) is 9.24. The van der Waals surface area contributed by atoms with Crippen LogP contribution in [0, 0.1) is 5.95 Å².